The van der Waals surface area contributed by atoms with Crippen LogP contribution in [0.1, 0.15) is 12.0 Å². The molecule has 0 aliphatic carbocycles. The number of aromatic nitrogens is 2. The van der Waals surface area contributed by atoms with E-state index in [1.807, 2.05) is 24.1 Å². The second-order valence-corrected chi connectivity index (χ2v) is 6.84. The van der Waals surface area contributed by atoms with Crippen LogP contribution in [0.2, 0.25) is 0 Å². The molecule has 3 aromatic rings. The number of anilines is 3. The predicted octanol–water partition coefficient (Wildman–Crippen LogP) is 3.27. The quantitative estimate of drug-likeness (QED) is 0.579. The van der Waals surface area contributed by atoms with Gasteiger partial charge in [0.1, 0.15) is 16.2 Å². The summed E-state index contributed by atoms with van der Waals surface area (Å²) in [5, 5.41) is 14.6. The van der Waals surface area contributed by atoms with Gasteiger partial charge in [-0.25, -0.2) is 14.8 Å². The Bertz CT molecular complexity index is 894. The summed E-state index contributed by atoms with van der Waals surface area (Å²) >= 11 is 1.32. The largest absolute Gasteiger partial charge is 0.396 e. The van der Waals surface area contributed by atoms with Crippen molar-refractivity contribution in [2.24, 2.45) is 0 Å². The van der Waals surface area contributed by atoms with Gasteiger partial charge in [-0.15, -0.1) is 0 Å². The fraction of sp³-hybridized carbons (Fsp3) is 0.278. The van der Waals surface area contributed by atoms with Gasteiger partial charge in [0.05, 0.1) is 0 Å². The van der Waals surface area contributed by atoms with Crippen LogP contribution in [0.3, 0.4) is 0 Å². The van der Waals surface area contributed by atoms with E-state index >= 15 is 0 Å². The number of thiazole rings is 1. The number of hydrogen-bond donors (Lipinski definition) is 3. The van der Waals surface area contributed by atoms with Crippen LogP contribution < -0.4 is 15.5 Å². The summed E-state index contributed by atoms with van der Waals surface area (Å²) in [6.07, 6.45) is 0.517. The van der Waals surface area contributed by atoms with Gasteiger partial charge in [-0.05, 0) is 37.6 Å². The van der Waals surface area contributed by atoms with Gasteiger partial charge in [0.2, 0.25) is 0 Å². The summed E-state index contributed by atoms with van der Waals surface area (Å²) in [6, 6.07) is 11.7. The number of nitrogens with zero attached hydrogens (tertiary/aromatic N) is 3. The number of amides is 2. The number of nitrogens with one attached hydrogen (secondary N) is 2. The first-order chi connectivity index (χ1) is 12.6. The van der Waals surface area contributed by atoms with Gasteiger partial charge in [-0.3, -0.25) is 5.32 Å². The smallest absolute Gasteiger partial charge is 0.321 e. The molecule has 0 radical (unpaired) electrons. The lowest BCUT2D eigenvalue weighted by atomic mass is 10.2. The molecule has 1 aromatic carbocycles. The van der Waals surface area contributed by atoms with E-state index in [9.17, 15) is 4.79 Å². The van der Waals surface area contributed by atoms with Gasteiger partial charge in [0.15, 0.2) is 5.13 Å². The van der Waals surface area contributed by atoms with Crippen molar-refractivity contribution in [1.29, 1.82) is 0 Å². The fourth-order valence-electron chi connectivity index (χ4n) is 2.37. The van der Waals surface area contributed by atoms with Gasteiger partial charge in [0.25, 0.3) is 0 Å². The average Bonchev–Trinajstić information content (AvgIpc) is 3.03. The molecule has 0 spiro atoms. The SMILES string of the molecule is Cc1ccc(N(C)c2ccc3nc(NC(=O)NCCCO)sc3n2)cc1. The summed E-state index contributed by atoms with van der Waals surface area (Å²) in [4.78, 5) is 23.6. The number of hydrogen-bond acceptors (Lipinski definition) is 6. The first-order valence-corrected chi connectivity index (χ1v) is 9.12. The Morgan fingerprint density at radius 1 is 1.19 bits per heavy atom. The van der Waals surface area contributed by atoms with Crippen LogP contribution in [-0.4, -0.2) is 41.3 Å². The van der Waals surface area contributed by atoms with Crippen molar-refractivity contribution in [2.75, 3.05) is 30.4 Å². The molecule has 2 amide bonds. The summed E-state index contributed by atoms with van der Waals surface area (Å²) in [5.74, 6) is 0.809. The molecule has 0 saturated carbocycles. The molecule has 2 heterocycles. The molecule has 0 saturated heterocycles. The molecule has 3 N–H and O–H groups in total. The first kappa shape index (κ1) is 18.1. The summed E-state index contributed by atoms with van der Waals surface area (Å²) in [7, 11) is 1.97. The highest BCUT2D eigenvalue weighted by atomic mass is 32.1. The van der Waals surface area contributed by atoms with Crippen LogP contribution in [0.5, 0.6) is 0 Å². The molecular weight excluding hydrogens is 350 g/mol. The normalized spacial score (nSPS) is 10.7. The number of urea groups is 1. The number of pyridine rings is 1. The number of aryl methyl sites for hydroxylation is 1. The Labute approximate surface area is 155 Å². The van der Waals surface area contributed by atoms with Crippen molar-refractivity contribution in [3.8, 4) is 0 Å². The molecule has 0 bridgehead atoms. The van der Waals surface area contributed by atoms with E-state index in [1.54, 1.807) is 0 Å². The van der Waals surface area contributed by atoms with Gasteiger partial charge >= 0.3 is 6.03 Å². The molecule has 0 atom stereocenters. The van der Waals surface area contributed by atoms with E-state index in [4.69, 9.17) is 5.11 Å². The zero-order valence-electron chi connectivity index (χ0n) is 14.7. The fourth-order valence-corrected chi connectivity index (χ4v) is 3.20. The maximum absolute atomic E-state index is 11.8. The second kappa shape index (κ2) is 8.11. The monoisotopic (exact) mass is 371 g/mol. The minimum Gasteiger partial charge on any atom is -0.396 e. The molecule has 0 fully saturated rings. The topological polar surface area (TPSA) is 90.4 Å². The molecule has 8 heteroatoms. The Morgan fingerprint density at radius 3 is 2.69 bits per heavy atom. The molecule has 0 aliphatic rings. The Balaban J connectivity index is 1.74. The van der Waals surface area contributed by atoms with Crippen molar-refractivity contribution in [3.63, 3.8) is 0 Å². The van der Waals surface area contributed by atoms with Crippen LogP contribution in [0.15, 0.2) is 36.4 Å². The minimum atomic E-state index is -0.338. The molecule has 0 aliphatic heterocycles. The molecule has 2 aromatic heterocycles. The van der Waals surface area contributed by atoms with Gasteiger partial charge in [-0.2, -0.15) is 0 Å². The van der Waals surface area contributed by atoms with E-state index in [2.05, 4.69) is 51.8 Å². The maximum atomic E-state index is 11.8. The number of aliphatic hydroxyl groups is 1. The Kier molecular flexibility index (Phi) is 5.65. The number of benzene rings is 1. The third-order valence-electron chi connectivity index (χ3n) is 3.85. The zero-order valence-corrected chi connectivity index (χ0v) is 15.5. The third kappa shape index (κ3) is 4.27. The number of fused-ring (bicyclic) bond motifs is 1. The van der Waals surface area contributed by atoms with Gasteiger partial charge < -0.3 is 15.3 Å². The van der Waals surface area contributed by atoms with Crippen molar-refractivity contribution < 1.29 is 9.90 Å². The molecule has 3 rings (SSSR count). The minimum absolute atomic E-state index is 0.0443. The summed E-state index contributed by atoms with van der Waals surface area (Å²) in [5.41, 5.74) is 3.00. The number of carbonyl (C=O) groups is 1. The highest BCUT2D eigenvalue weighted by molar-refractivity contribution is 7.22. The van der Waals surface area contributed by atoms with Crippen LogP contribution in [-0.2, 0) is 0 Å². The first-order valence-electron chi connectivity index (χ1n) is 8.30. The van der Waals surface area contributed by atoms with E-state index in [1.165, 1.54) is 16.9 Å². The molecule has 7 nitrogen and oxygen atoms in total. The number of carbonyl (C=O) groups excluding carboxylic acids is 1. The third-order valence-corrected chi connectivity index (χ3v) is 4.73. The number of rotatable bonds is 6. The Morgan fingerprint density at radius 2 is 1.96 bits per heavy atom. The van der Waals surface area contributed by atoms with Gasteiger partial charge in [-0.1, -0.05) is 29.0 Å². The highest BCUT2D eigenvalue weighted by Gasteiger charge is 2.11. The zero-order chi connectivity index (χ0) is 18.5. The van der Waals surface area contributed by atoms with Crippen molar-refractivity contribution in [3.05, 3.63) is 42.0 Å². The molecule has 26 heavy (non-hydrogen) atoms. The number of aliphatic hydroxyl groups excluding tert-OH is 1. The van der Waals surface area contributed by atoms with Crippen molar-refractivity contribution in [2.45, 2.75) is 13.3 Å². The highest BCUT2D eigenvalue weighted by Crippen LogP contribution is 2.29. The van der Waals surface area contributed by atoms with E-state index in [0.29, 0.717) is 18.1 Å². The summed E-state index contributed by atoms with van der Waals surface area (Å²) in [6.45, 7) is 2.51. The lowest BCUT2D eigenvalue weighted by molar-refractivity contribution is 0.249. The van der Waals surface area contributed by atoms with E-state index < -0.39 is 0 Å². The Hall–Kier alpha value is -2.71. The van der Waals surface area contributed by atoms with Crippen molar-refractivity contribution >= 4 is 44.4 Å². The van der Waals surface area contributed by atoms with Crippen molar-refractivity contribution in [1.82, 2.24) is 15.3 Å². The maximum Gasteiger partial charge on any atom is 0.321 e. The molecule has 136 valence electrons. The second-order valence-electron chi connectivity index (χ2n) is 5.87. The average molecular weight is 371 g/mol. The van der Waals surface area contributed by atoms with Crippen LogP contribution >= 0.6 is 11.3 Å². The predicted molar refractivity (Wildman–Crippen MR) is 105 cm³/mol. The molecule has 0 unspecified atom stereocenters. The van der Waals surface area contributed by atoms with Crippen LogP contribution in [0.4, 0.5) is 21.4 Å². The van der Waals surface area contributed by atoms with Crippen LogP contribution in [0.25, 0.3) is 10.3 Å². The summed E-state index contributed by atoms with van der Waals surface area (Å²) < 4.78 is 0. The standard InChI is InChI=1S/C18H21N5O2S/c1-12-4-6-13(7-5-12)23(2)15-9-8-14-16(21-15)26-18(20-14)22-17(25)19-10-3-11-24/h4-9,24H,3,10-11H2,1-2H3,(H2,19,20,22,25). The van der Waals surface area contributed by atoms with Crippen LogP contribution in [0, 0.1) is 6.92 Å². The van der Waals surface area contributed by atoms with Gasteiger partial charge in [0, 0.05) is 25.9 Å². The van der Waals surface area contributed by atoms with E-state index in [0.717, 1.165) is 21.9 Å². The van der Waals surface area contributed by atoms with E-state index in [-0.39, 0.29) is 12.6 Å². The lowest BCUT2D eigenvalue weighted by Gasteiger charge is -2.18. The molecular formula is C18H21N5O2S. The lowest BCUT2D eigenvalue weighted by Crippen LogP contribution is -2.29.